The second kappa shape index (κ2) is 23.1. The smallest absolute Gasteiger partial charge is 0.252 e. The van der Waals surface area contributed by atoms with Gasteiger partial charge in [0.2, 0.25) is 0 Å². The maximum absolute atomic E-state index is 2.91. The molecule has 0 spiro atoms. The summed E-state index contributed by atoms with van der Waals surface area (Å²) < 4.78 is 0. The van der Waals surface area contributed by atoms with Gasteiger partial charge in [-0.05, 0) is 193 Å². The van der Waals surface area contributed by atoms with Crippen molar-refractivity contribution in [2.24, 2.45) is 11.8 Å². The van der Waals surface area contributed by atoms with Crippen molar-refractivity contribution < 1.29 is 0 Å². The molecule has 2 aliphatic carbocycles. The molecule has 4 bridgehead atoms. The number of hydrogen-bond acceptors (Lipinski definition) is 3. The van der Waals surface area contributed by atoms with Crippen LogP contribution in [0.2, 0.25) is 0 Å². The molecule has 0 unspecified atom stereocenters. The van der Waals surface area contributed by atoms with Crippen LogP contribution in [0.3, 0.4) is 0 Å². The van der Waals surface area contributed by atoms with Crippen LogP contribution >= 0.6 is 0 Å². The minimum Gasteiger partial charge on any atom is -0.365 e. The summed E-state index contributed by atoms with van der Waals surface area (Å²) in [6.45, 7) is 6.76. The number of hydrogen-bond donors (Lipinski definition) is 0. The van der Waals surface area contributed by atoms with Crippen LogP contribution in [-0.2, 0) is 5.41 Å². The Morgan fingerprint density at radius 3 is 1.04 bits per heavy atom. The van der Waals surface area contributed by atoms with Crippen LogP contribution in [0.25, 0.3) is 89.0 Å². The van der Waals surface area contributed by atoms with E-state index >= 15 is 0 Å². The van der Waals surface area contributed by atoms with Crippen molar-refractivity contribution in [2.45, 2.75) is 70.4 Å². The average molecular weight is 1220 g/mol. The van der Waals surface area contributed by atoms with Crippen LogP contribution < -0.4 is 31.1 Å². The second-order valence-electron chi connectivity index (χ2n) is 28.4. The summed E-state index contributed by atoms with van der Waals surface area (Å²) in [6, 6.07) is 119. The molecule has 0 radical (unpaired) electrons. The molecular formula is C91H74BN3. The quantitative estimate of drug-likeness (QED) is 0.120. The molecule has 0 aromatic heterocycles. The molecule has 0 atom stereocenters. The lowest BCUT2D eigenvalue weighted by molar-refractivity contribution is 0.0900. The van der Waals surface area contributed by atoms with Gasteiger partial charge in [0.25, 0.3) is 6.71 Å². The summed E-state index contributed by atoms with van der Waals surface area (Å²) in [5, 5.41) is 0. The second-order valence-corrected chi connectivity index (χ2v) is 28.4. The van der Waals surface area contributed by atoms with E-state index in [9.17, 15) is 0 Å². The van der Waals surface area contributed by atoms with Crippen molar-refractivity contribution in [3.63, 3.8) is 0 Å². The first kappa shape index (κ1) is 57.0. The van der Waals surface area contributed by atoms with Crippen LogP contribution in [-0.4, -0.2) is 18.8 Å². The number of piperidine rings is 2. The van der Waals surface area contributed by atoms with Crippen LogP contribution in [0.15, 0.2) is 309 Å². The predicted molar refractivity (Wildman–Crippen MR) is 403 cm³/mol. The van der Waals surface area contributed by atoms with E-state index in [-0.39, 0.29) is 12.1 Å². The van der Waals surface area contributed by atoms with Crippen LogP contribution in [0.4, 0.5) is 39.8 Å². The Bertz CT molecular complexity index is 4880. The van der Waals surface area contributed by atoms with Gasteiger partial charge in [-0.3, -0.25) is 0 Å². The highest BCUT2D eigenvalue weighted by molar-refractivity contribution is 7.00. The fraction of sp³-hybridized carbons (Fsp3) is 0.143. The summed E-state index contributed by atoms with van der Waals surface area (Å²) in [6.07, 6.45) is 6.54. The molecule has 13 aromatic carbocycles. The maximum atomic E-state index is 2.91. The van der Waals surface area contributed by atoms with Crippen molar-refractivity contribution in [3.05, 3.63) is 315 Å². The topological polar surface area (TPSA) is 9.72 Å². The van der Waals surface area contributed by atoms with Gasteiger partial charge in [-0.2, -0.15) is 0 Å². The molecule has 6 aliphatic rings. The molecule has 2 saturated carbocycles. The molecule has 95 heavy (non-hydrogen) atoms. The van der Waals surface area contributed by atoms with Crippen molar-refractivity contribution in [2.75, 3.05) is 14.7 Å². The minimum absolute atomic E-state index is 0.0168. The summed E-state index contributed by atoms with van der Waals surface area (Å²) in [5.74, 6) is 1.66. The Balaban J connectivity index is 1.00. The van der Waals surface area contributed by atoms with Crippen molar-refractivity contribution in [1.29, 1.82) is 0 Å². The Morgan fingerprint density at radius 1 is 0.284 bits per heavy atom. The number of benzene rings is 13. The number of anilines is 7. The molecule has 4 heterocycles. The van der Waals surface area contributed by atoms with Gasteiger partial charge < -0.3 is 14.7 Å². The summed E-state index contributed by atoms with van der Waals surface area (Å²) in [7, 11) is 0. The van der Waals surface area contributed by atoms with E-state index in [4.69, 9.17) is 0 Å². The van der Waals surface area contributed by atoms with E-state index < -0.39 is 0 Å². The Hall–Kier alpha value is -10.7. The first-order chi connectivity index (χ1) is 46.7. The standard InChI is InChI=1S/C91H74BN3/c1-91(2,3)74-42-39-65(40-43-74)70-41-46-84-83(56-70)92-82-45-44-75(93-76-48-60-47-61(50-76)51-77(93)49-60)59-85(82)95(90-80(68-35-21-9-22-36-68)54-72(63-27-13-5-14-28-63)55-81(90)69-37-23-10-24-38-69)87-58-73(64-29-15-6-16-30-64)57-86(88(87)92)94(84)89-78(66-31-17-7-18-32-66)52-71(62-25-11-4-12-26-62)53-79(89)67-33-19-8-20-34-67/h4-46,52-61,76-77H,47-51H2,1-3H3. The van der Waals surface area contributed by atoms with Gasteiger partial charge in [-0.25, -0.2) is 0 Å². The SMILES string of the molecule is CC(C)(C)c1ccc(-c2ccc3c(c2)B2c4ccc(N5C6CC7CC(C6)CC5C7)cc4N(c4c(-c5ccccc5)cc(-c5ccccc5)cc4-c4ccccc4)c4cc(-c5ccccc5)cc(c42)N3c2c(-c3ccccc3)cc(-c3ccccc3)cc2-c2ccccc2)cc1. The maximum Gasteiger partial charge on any atom is 0.252 e. The molecular weight excluding hydrogens is 1150 g/mol. The average Bonchev–Trinajstić information content (AvgIpc) is 0.692. The van der Waals surface area contributed by atoms with Gasteiger partial charge in [-0.15, -0.1) is 0 Å². The molecule has 2 saturated heterocycles. The van der Waals surface area contributed by atoms with Gasteiger partial charge in [-0.1, -0.05) is 276 Å². The molecule has 456 valence electrons. The van der Waals surface area contributed by atoms with Gasteiger partial charge in [0.15, 0.2) is 0 Å². The summed E-state index contributed by atoms with van der Waals surface area (Å²) >= 11 is 0. The van der Waals surface area contributed by atoms with Crippen LogP contribution in [0.5, 0.6) is 0 Å². The molecule has 3 nitrogen and oxygen atoms in total. The van der Waals surface area contributed by atoms with E-state index in [0.29, 0.717) is 12.1 Å². The van der Waals surface area contributed by atoms with Crippen LogP contribution in [0.1, 0.15) is 58.4 Å². The van der Waals surface area contributed by atoms with Gasteiger partial charge >= 0.3 is 0 Å². The molecule has 0 N–H and O–H groups in total. The molecule has 13 aromatic rings. The minimum atomic E-state index is -0.174. The third-order valence-electron chi connectivity index (χ3n) is 21.6. The highest BCUT2D eigenvalue weighted by Crippen LogP contribution is 2.57. The Labute approximate surface area is 560 Å². The van der Waals surface area contributed by atoms with Crippen LogP contribution in [0, 0.1) is 11.8 Å². The van der Waals surface area contributed by atoms with Crippen molar-refractivity contribution in [1.82, 2.24) is 0 Å². The lowest BCUT2D eigenvalue weighted by Crippen LogP contribution is -2.62. The first-order valence-corrected chi connectivity index (χ1v) is 34.4. The zero-order valence-corrected chi connectivity index (χ0v) is 54.2. The predicted octanol–water partition coefficient (Wildman–Crippen LogP) is 22.2. The number of fused-ring (bicyclic) bond motifs is 4. The van der Waals surface area contributed by atoms with Gasteiger partial charge in [0.1, 0.15) is 0 Å². The largest absolute Gasteiger partial charge is 0.365 e. The van der Waals surface area contributed by atoms with Gasteiger partial charge in [0.05, 0.1) is 11.4 Å². The molecule has 4 fully saturated rings. The third-order valence-corrected chi connectivity index (χ3v) is 21.6. The lowest BCUT2D eigenvalue weighted by atomic mass is 9.33. The van der Waals surface area contributed by atoms with Crippen molar-refractivity contribution >= 4 is 62.9 Å². The number of nitrogens with zero attached hydrogens (tertiary/aromatic N) is 3. The normalized spacial score (nSPS) is 17.3. The fourth-order valence-electron chi connectivity index (χ4n) is 17.4. The van der Waals surface area contributed by atoms with E-state index in [0.717, 1.165) is 51.0 Å². The molecule has 4 heteroatoms. The molecule has 4 aliphatic heterocycles. The molecule has 19 rings (SSSR count). The van der Waals surface area contributed by atoms with Gasteiger partial charge in [0, 0.05) is 62.8 Å². The lowest BCUT2D eigenvalue weighted by Gasteiger charge is -2.57. The van der Waals surface area contributed by atoms with E-state index in [2.05, 4.69) is 345 Å². The highest BCUT2D eigenvalue weighted by Gasteiger charge is 2.49. The Morgan fingerprint density at radius 2 is 0.642 bits per heavy atom. The van der Waals surface area contributed by atoms with E-state index in [1.807, 2.05) is 0 Å². The zero-order valence-electron chi connectivity index (χ0n) is 54.2. The highest BCUT2D eigenvalue weighted by atomic mass is 15.2. The third kappa shape index (κ3) is 9.95. The van der Waals surface area contributed by atoms with E-state index in [1.54, 1.807) is 0 Å². The zero-order chi connectivity index (χ0) is 63.3. The number of rotatable bonds is 11. The first-order valence-electron chi connectivity index (χ1n) is 34.4. The summed E-state index contributed by atoms with van der Waals surface area (Å²) in [5.41, 5.74) is 32.4. The van der Waals surface area contributed by atoms with E-state index in [1.165, 1.54) is 144 Å². The fourth-order valence-corrected chi connectivity index (χ4v) is 17.4. The summed E-state index contributed by atoms with van der Waals surface area (Å²) in [4.78, 5) is 8.38. The molecule has 0 amide bonds. The monoisotopic (exact) mass is 1220 g/mol. The Kier molecular flexibility index (Phi) is 13.9. The van der Waals surface area contributed by atoms with Crippen molar-refractivity contribution in [3.8, 4) is 89.0 Å².